The summed E-state index contributed by atoms with van der Waals surface area (Å²) in [6.07, 6.45) is 3.12. The van der Waals surface area contributed by atoms with Crippen LogP contribution in [0.1, 0.15) is 34.2 Å². The molecule has 0 saturated carbocycles. The SMILES string of the molecule is O=C1Nc2cc3c(cc2C1(O)c1ccccc1OCc1ccccc1)CCC3. The summed E-state index contributed by atoms with van der Waals surface area (Å²) in [6.45, 7) is 0.368. The fourth-order valence-electron chi connectivity index (χ4n) is 4.26. The third-order valence-corrected chi connectivity index (χ3v) is 5.71. The molecule has 4 nitrogen and oxygen atoms in total. The minimum absolute atomic E-state index is 0.368. The third-order valence-electron chi connectivity index (χ3n) is 5.71. The van der Waals surface area contributed by atoms with E-state index in [-0.39, 0.29) is 0 Å². The highest BCUT2D eigenvalue weighted by Gasteiger charge is 2.49. The standard InChI is InChI=1S/C24H21NO3/c26-23-24(27,20-13-17-9-6-10-18(17)14-21(20)25-23)19-11-4-5-12-22(19)28-15-16-7-2-1-3-8-16/h1-5,7-8,11-14,27H,6,9-10,15H2,(H,25,26). The molecule has 2 N–H and O–H groups in total. The summed E-state index contributed by atoms with van der Waals surface area (Å²) in [5.41, 5.74) is 3.55. The number of carbonyl (C=O) groups excluding carboxylic acids is 1. The van der Waals surface area contributed by atoms with Crippen molar-refractivity contribution in [2.45, 2.75) is 31.5 Å². The molecular weight excluding hydrogens is 350 g/mol. The van der Waals surface area contributed by atoms with Gasteiger partial charge in [-0.2, -0.15) is 0 Å². The predicted molar refractivity (Wildman–Crippen MR) is 107 cm³/mol. The van der Waals surface area contributed by atoms with Crippen LogP contribution in [0.5, 0.6) is 5.75 Å². The van der Waals surface area contributed by atoms with Gasteiger partial charge >= 0.3 is 0 Å². The molecular formula is C24H21NO3. The van der Waals surface area contributed by atoms with Gasteiger partial charge in [-0.3, -0.25) is 4.79 Å². The molecule has 140 valence electrons. The molecule has 4 heteroatoms. The largest absolute Gasteiger partial charge is 0.488 e. The molecule has 0 saturated heterocycles. The quantitative estimate of drug-likeness (QED) is 0.730. The number of hydrogen-bond donors (Lipinski definition) is 2. The van der Waals surface area contributed by atoms with Crippen LogP contribution in [0, 0.1) is 0 Å². The Morgan fingerprint density at radius 1 is 0.929 bits per heavy atom. The molecule has 1 unspecified atom stereocenters. The molecule has 1 atom stereocenters. The first kappa shape index (κ1) is 17.0. The molecule has 1 aliphatic heterocycles. The molecule has 1 aliphatic carbocycles. The van der Waals surface area contributed by atoms with Crippen molar-refractivity contribution in [1.29, 1.82) is 0 Å². The third kappa shape index (κ3) is 2.60. The van der Waals surface area contributed by atoms with Crippen LogP contribution in [-0.2, 0) is 29.8 Å². The number of ether oxygens (including phenoxy) is 1. The lowest BCUT2D eigenvalue weighted by Crippen LogP contribution is -2.35. The maximum atomic E-state index is 12.9. The number of benzene rings is 3. The lowest BCUT2D eigenvalue weighted by Gasteiger charge is -2.24. The van der Waals surface area contributed by atoms with Crippen molar-refractivity contribution >= 4 is 11.6 Å². The van der Waals surface area contributed by atoms with E-state index in [9.17, 15) is 9.90 Å². The molecule has 2 aliphatic rings. The van der Waals surface area contributed by atoms with Gasteiger partial charge in [0, 0.05) is 16.8 Å². The summed E-state index contributed by atoms with van der Waals surface area (Å²) in [6, 6.07) is 21.1. The predicted octanol–water partition coefficient (Wildman–Crippen LogP) is 3.94. The highest BCUT2D eigenvalue weighted by atomic mass is 16.5. The Morgan fingerprint density at radius 2 is 1.64 bits per heavy atom. The van der Waals surface area contributed by atoms with E-state index in [2.05, 4.69) is 5.32 Å². The zero-order chi connectivity index (χ0) is 19.1. The first-order valence-corrected chi connectivity index (χ1v) is 9.62. The average Bonchev–Trinajstić information content (AvgIpc) is 3.28. The molecule has 3 aromatic rings. The van der Waals surface area contributed by atoms with Crippen molar-refractivity contribution in [2.24, 2.45) is 0 Å². The molecule has 5 rings (SSSR count). The molecule has 0 fully saturated rings. The van der Waals surface area contributed by atoms with Crippen LogP contribution in [0.2, 0.25) is 0 Å². The highest BCUT2D eigenvalue weighted by Crippen LogP contribution is 2.46. The van der Waals surface area contributed by atoms with Gasteiger partial charge in [-0.1, -0.05) is 48.5 Å². The van der Waals surface area contributed by atoms with Gasteiger partial charge in [0.2, 0.25) is 0 Å². The lowest BCUT2D eigenvalue weighted by atomic mass is 9.85. The number of fused-ring (bicyclic) bond motifs is 2. The molecule has 1 heterocycles. The molecule has 1 amide bonds. The summed E-state index contributed by atoms with van der Waals surface area (Å²) in [7, 11) is 0. The first-order chi connectivity index (χ1) is 13.7. The van der Waals surface area contributed by atoms with Gasteiger partial charge in [0.05, 0.1) is 0 Å². The van der Waals surface area contributed by atoms with Crippen molar-refractivity contribution < 1.29 is 14.6 Å². The van der Waals surface area contributed by atoms with Crippen molar-refractivity contribution in [3.8, 4) is 5.75 Å². The van der Waals surface area contributed by atoms with E-state index in [4.69, 9.17) is 4.74 Å². The Balaban J connectivity index is 1.56. The maximum absolute atomic E-state index is 12.9. The average molecular weight is 371 g/mol. The molecule has 28 heavy (non-hydrogen) atoms. The van der Waals surface area contributed by atoms with Crippen LogP contribution >= 0.6 is 0 Å². The van der Waals surface area contributed by atoms with Gasteiger partial charge in [0.15, 0.2) is 5.60 Å². The Hall–Kier alpha value is -3.11. The summed E-state index contributed by atoms with van der Waals surface area (Å²) < 4.78 is 6.02. The molecule has 3 aromatic carbocycles. The van der Waals surface area contributed by atoms with Gasteiger partial charge in [0.25, 0.3) is 5.91 Å². The van der Waals surface area contributed by atoms with Crippen molar-refractivity contribution in [1.82, 2.24) is 0 Å². The summed E-state index contributed by atoms with van der Waals surface area (Å²) in [5, 5.41) is 14.5. The molecule has 0 radical (unpaired) electrons. The zero-order valence-corrected chi connectivity index (χ0v) is 15.4. The summed E-state index contributed by atoms with van der Waals surface area (Å²) >= 11 is 0. The number of carbonyl (C=O) groups is 1. The topological polar surface area (TPSA) is 58.6 Å². The monoisotopic (exact) mass is 371 g/mol. The second-order valence-electron chi connectivity index (χ2n) is 7.46. The van der Waals surface area contributed by atoms with Crippen molar-refractivity contribution in [3.05, 3.63) is 94.5 Å². The normalized spacial score (nSPS) is 19.8. The minimum Gasteiger partial charge on any atom is -0.488 e. The van der Waals surface area contributed by atoms with Crippen LogP contribution in [0.15, 0.2) is 66.7 Å². The van der Waals surface area contributed by atoms with Crippen molar-refractivity contribution in [3.63, 3.8) is 0 Å². The lowest BCUT2D eigenvalue weighted by molar-refractivity contribution is -0.129. The van der Waals surface area contributed by atoms with Crippen LogP contribution in [-0.4, -0.2) is 11.0 Å². The number of anilines is 1. The second-order valence-corrected chi connectivity index (χ2v) is 7.46. The number of hydrogen-bond acceptors (Lipinski definition) is 3. The smallest absolute Gasteiger partial charge is 0.266 e. The molecule has 0 spiro atoms. The fourth-order valence-corrected chi connectivity index (χ4v) is 4.26. The minimum atomic E-state index is -1.75. The van der Waals surface area contributed by atoms with Crippen LogP contribution in [0.25, 0.3) is 0 Å². The van der Waals surface area contributed by atoms with E-state index in [0.717, 1.165) is 24.8 Å². The number of para-hydroxylation sites is 1. The van der Waals surface area contributed by atoms with Crippen LogP contribution in [0.4, 0.5) is 5.69 Å². The maximum Gasteiger partial charge on any atom is 0.266 e. The van der Waals surface area contributed by atoms with Gasteiger partial charge in [-0.25, -0.2) is 0 Å². The molecule has 0 aromatic heterocycles. The van der Waals surface area contributed by atoms with Gasteiger partial charge in [0.1, 0.15) is 12.4 Å². The fraction of sp³-hybridized carbons (Fsp3) is 0.208. The number of nitrogens with one attached hydrogen (secondary N) is 1. The van der Waals surface area contributed by atoms with E-state index >= 15 is 0 Å². The van der Waals surface area contributed by atoms with E-state index < -0.39 is 11.5 Å². The summed E-state index contributed by atoms with van der Waals surface area (Å²) in [5.74, 6) is 0.0827. The number of amides is 1. The Labute approximate surface area is 163 Å². The van der Waals surface area contributed by atoms with Gasteiger partial charge in [-0.15, -0.1) is 0 Å². The zero-order valence-electron chi connectivity index (χ0n) is 15.4. The first-order valence-electron chi connectivity index (χ1n) is 9.62. The summed E-state index contributed by atoms with van der Waals surface area (Å²) in [4.78, 5) is 12.9. The number of aliphatic hydroxyl groups is 1. The van der Waals surface area contributed by atoms with Crippen LogP contribution in [0.3, 0.4) is 0 Å². The van der Waals surface area contributed by atoms with Gasteiger partial charge in [-0.05, 0) is 54.2 Å². The second kappa shape index (κ2) is 6.50. The highest BCUT2D eigenvalue weighted by molar-refractivity contribution is 6.07. The Morgan fingerprint density at radius 3 is 2.46 bits per heavy atom. The number of aryl methyl sites for hydroxylation is 2. The van der Waals surface area contributed by atoms with E-state index in [1.165, 1.54) is 11.1 Å². The molecule has 0 bridgehead atoms. The Bertz CT molecular complexity index is 1060. The number of rotatable bonds is 4. The van der Waals surface area contributed by atoms with Gasteiger partial charge < -0.3 is 15.2 Å². The Kier molecular flexibility index (Phi) is 3.95. The van der Waals surface area contributed by atoms with Crippen molar-refractivity contribution in [2.75, 3.05) is 5.32 Å². The van der Waals surface area contributed by atoms with E-state index in [1.807, 2.05) is 54.6 Å². The van der Waals surface area contributed by atoms with E-state index in [0.29, 0.717) is 29.2 Å². The van der Waals surface area contributed by atoms with E-state index in [1.54, 1.807) is 12.1 Å². The van der Waals surface area contributed by atoms with Crippen LogP contribution < -0.4 is 10.1 Å².